The Hall–Kier alpha value is -1.76. The number of hydrogen-bond donors (Lipinski definition) is 1. The molecule has 0 aliphatic heterocycles. The van der Waals surface area contributed by atoms with Gasteiger partial charge in [-0.15, -0.1) is 0 Å². The van der Waals surface area contributed by atoms with E-state index in [-0.39, 0.29) is 25.0 Å². The molecule has 1 atom stereocenters. The van der Waals surface area contributed by atoms with E-state index in [9.17, 15) is 9.59 Å². The molecule has 0 fully saturated rings. The molecule has 2 rings (SSSR count). The third-order valence-corrected chi connectivity index (χ3v) is 6.19. The topological polar surface area (TPSA) is 58.6 Å². The number of carbonyl (C=O) groups is 2. The Bertz CT molecular complexity index is 903. The van der Waals surface area contributed by atoms with Crippen LogP contribution in [0.1, 0.15) is 38.3 Å². The van der Waals surface area contributed by atoms with Gasteiger partial charge in [-0.05, 0) is 65.5 Å². The highest BCUT2D eigenvalue weighted by Crippen LogP contribution is 2.28. The van der Waals surface area contributed by atoms with Crippen LogP contribution in [0, 0.1) is 0 Å². The van der Waals surface area contributed by atoms with Gasteiger partial charge < -0.3 is 15.0 Å². The number of amides is 2. The molecule has 0 aliphatic carbocycles. The van der Waals surface area contributed by atoms with Crippen molar-refractivity contribution >= 4 is 50.9 Å². The Balaban J connectivity index is 2.22. The largest absolute Gasteiger partial charge is 0.483 e. The second-order valence-corrected chi connectivity index (χ2v) is 8.76. The minimum atomic E-state index is -0.721. The van der Waals surface area contributed by atoms with Gasteiger partial charge in [0.1, 0.15) is 11.8 Å². The normalized spacial score (nSPS) is 11.7. The van der Waals surface area contributed by atoms with Crippen molar-refractivity contribution in [2.75, 3.05) is 13.2 Å². The van der Waals surface area contributed by atoms with E-state index in [0.717, 1.165) is 22.9 Å². The van der Waals surface area contributed by atoms with Crippen molar-refractivity contribution < 1.29 is 14.3 Å². The summed E-state index contributed by atoms with van der Waals surface area (Å²) >= 11 is 16.1. The van der Waals surface area contributed by atoms with Crippen LogP contribution in [0.5, 0.6) is 5.75 Å². The van der Waals surface area contributed by atoms with Crippen molar-refractivity contribution in [1.29, 1.82) is 0 Å². The van der Waals surface area contributed by atoms with Crippen molar-refractivity contribution in [2.45, 2.75) is 46.2 Å². The lowest BCUT2D eigenvalue weighted by Gasteiger charge is -2.29. The van der Waals surface area contributed by atoms with Crippen LogP contribution in [-0.4, -0.2) is 35.9 Å². The third-order valence-electron chi connectivity index (χ3n) is 4.86. The predicted molar refractivity (Wildman–Crippen MR) is 129 cm³/mol. The second-order valence-electron chi connectivity index (χ2n) is 7.10. The van der Waals surface area contributed by atoms with Crippen LogP contribution < -0.4 is 10.1 Å². The number of ether oxygens (including phenoxy) is 1. The lowest BCUT2D eigenvalue weighted by atomic mass is 10.1. The number of halogens is 3. The van der Waals surface area contributed by atoms with Gasteiger partial charge in [0, 0.05) is 28.7 Å². The fourth-order valence-electron chi connectivity index (χ4n) is 2.94. The Morgan fingerprint density at radius 3 is 2.42 bits per heavy atom. The van der Waals surface area contributed by atoms with Gasteiger partial charge in [-0.2, -0.15) is 0 Å². The van der Waals surface area contributed by atoms with Gasteiger partial charge in [-0.3, -0.25) is 9.59 Å². The molecule has 0 aliphatic rings. The molecule has 0 radical (unpaired) electrons. The van der Waals surface area contributed by atoms with E-state index in [1.54, 1.807) is 25.1 Å². The summed E-state index contributed by atoms with van der Waals surface area (Å²) in [4.78, 5) is 27.1. The zero-order valence-corrected chi connectivity index (χ0v) is 21.0. The van der Waals surface area contributed by atoms with Crippen LogP contribution in [0.3, 0.4) is 0 Å². The standard InChI is InChI=1S/C23H27BrCl2N2O3/c1-4-11-27-23(30)15(3)28(13-17-19(25)7-6-8-20(17)26)22(29)14-31-21-10-9-16(5-2)12-18(21)24/h6-10,12,15H,4-5,11,13-14H2,1-3H3,(H,27,30)/t15-/m0/s1. The highest BCUT2D eigenvalue weighted by atomic mass is 79.9. The Labute approximate surface area is 202 Å². The van der Waals surface area contributed by atoms with Crippen LogP contribution in [0.15, 0.2) is 40.9 Å². The monoisotopic (exact) mass is 528 g/mol. The average Bonchev–Trinajstić information content (AvgIpc) is 2.75. The van der Waals surface area contributed by atoms with Crippen molar-refractivity contribution in [1.82, 2.24) is 10.2 Å². The fourth-order valence-corrected chi connectivity index (χ4v) is 3.99. The molecule has 5 nitrogen and oxygen atoms in total. The molecule has 0 saturated carbocycles. The maximum atomic E-state index is 13.1. The minimum Gasteiger partial charge on any atom is -0.483 e. The predicted octanol–water partition coefficient (Wildman–Crippen LogP) is 5.64. The molecule has 168 valence electrons. The highest BCUT2D eigenvalue weighted by molar-refractivity contribution is 9.10. The first-order valence-electron chi connectivity index (χ1n) is 10.2. The van der Waals surface area contributed by atoms with Gasteiger partial charge in [0.25, 0.3) is 5.91 Å². The number of rotatable bonds is 10. The van der Waals surface area contributed by atoms with Gasteiger partial charge in [-0.25, -0.2) is 0 Å². The van der Waals surface area contributed by atoms with Crippen LogP contribution in [-0.2, 0) is 22.6 Å². The van der Waals surface area contributed by atoms with E-state index >= 15 is 0 Å². The maximum absolute atomic E-state index is 13.1. The smallest absolute Gasteiger partial charge is 0.261 e. The minimum absolute atomic E-state index is 0.0946. The highest BCUT2D eigenvalue weighted by Gasteiger charge is 2.27. The summed E-state index contributed by atoms with van der Waals surface area (Å²) in [5, 5.41) is 3.70. The summed E-state index contributed by atoms with van der Waals surface area (Å²) in [6.45, 7) is 6.11. The molecule has 2 aromatic rings. The summed E-state index contributed by atoms with van der Waals surface area (Å²) < 4.78 is 6.52. The molecule has 8 heteroatoms. The maximum Gasteiger partial charge on any atom is 0.261 e. The molecule has 1 N–H and O–H groups in total. The summed E-state index contributed by atoms with van der Waals surface area (Å²) in [5.74, 6) is -0.0298. The summed E-state index contributed by atoms with van der Waals surface area (Å²) in [6.07, 6.45) is 1.70. The number of aryl methyl sites for hydroxylation is 1. The molecule has 2 amide bonds. The molecule has 0 saturated heterocycles. The van der Waals surface area contributed by atoms with E-state index in [2.05, 4.69) is 28.2 Å². The Kier molecular flexibility index (Phi) is 10.1. The van der Waals surface area contributed by atoms with Gasteiger partial charge in [0.2, 0.25) is 5.91 Å². The first-order chi connectivity index (χ1) is 14.8. The Morgan fingerprint density at radius 1 is 1.16 bits per heavy atom. The van der Waals surface area contributed by atoms with Crippen LogP contribution in [0.25, 0.3) is 0 Å². The average molecular weight is 530 g/mol. The van der Waals surface area contributed by atoms with Crippen LogP contribution in [0.2, 0.25) is 10.0 Å². The Morgan fingerprint density at radius 2 is 1.84 bits per heavy atom. The number of carbonyl (C=O) groups excluding carboxylic acids is 2. The van der Waals surface area contributed by atoms with Crippen molar-refractivity contribution in [2.24, 2.45) is 0 Å². The third kappa shape index (κ3) is 7.13. The second kappa shape index (κ2) is 12.3. The molecule has 0 heterocycles. The van der Waals surface area contributed by atoms with Crippen LogP contribution in [0.4, 0.5) is 0 Å². The molecular weight excluding hydrogens is 503 g/mol. The molecule has 31 heavy (non-hydrogen) atoms. The van der Waals surface area contributed by atoms with Gasteiger partial charge in [0.15, 0.2) is 6.61 Å². The number of nitrogens with one attached hydrogen (secondary N) is 1. The molecule has 0 bridgehead atoms. The van der Waals surface area contributed by atoms with Crippen molar-refractivity contribution in [3.8, 4) is 5.75 Å². The molecule has 0 unspecified atom stereocenters. The zero-order chi connectivity index (χ0) is 23.0. The lowest BCUT2D eigenvalue weighted by Crippen LogP contribution is -2.49. The summed E-state index contributed by atoms with van der Waals surface area (Å²) in [6, 6.07) is 10.2. The summed E-state index contributed by atoms with van der Waals surface area (Å²) in [7, 11) is 0. The van der Waals surface area contributed by atoms with E-state index in [1.807, 2.05) is 25.1 Å². The fraction of sp³-hybridized carbons (Fsp3) is 0.391. The number of nitrogens with zero attached hydrogens (tertiary/aromatic N) is 1. The van der Waals surface area contributed by atoms with Gasteiger partial charge >= 0.3 is 0 Å². The quantitative estimate of drug-likeness (QED) is 0.433. The molecule has 0 spiro atoms. The van der Waals surface area contributed by atoms with E-state index in [1.165, 1.54) is 4.90 Å². The number of benzene rings is 2. The van der Waals surface area contributed by atoms with Gasteiger partial charge in [-0.1, -0.05) is 49.2 Å². The van der Waals surface area contributed by atoms with E-state index < -0.39 is 6.04 Å². The van der Waals surface area contributed by atoms with Crippen molar-refractivity contribution in [3.05, 3.63) is 62.0 Å². The first kappa shape index (κ1) is 25.5. The zero-order valence-electron chi connectivity index (χ0n) is 17.9. The SMILES string of the molecule is CCCNC(=O)[C@H](C)N(Cc1c(Cl)cccc1Cl)C(=O)COc1ccc(CC)cc1Br. The summed E-state index contributed by atoms with van der Waals surface area (Å²) in [5.41, 5.74) is 1.74. The molecule has 0 aromatic heterocycles. The van der Waals surface area contributed by atoms with Crippen LogP contribution >= 0.6 is 39.1 Å². The number of hydrogen-bond acceptors (Lipinski definition) is 3. The first-order valence-corrected chi connectivity index (χ1v) is 11.7. The molecule has 2 aromatic carbocycles. The van der Waals surface area contributed by atoms with Gasteiger partial charge in [0.05, 0.1) is 4.47 Å². The van der Waals surface area contributed by atoms with E-state index in [0.29, 0.717) is 27.9 Å². The lowest BCUT2D eigenvalue weighted by molar-refractivity contribution is -0.142. The van der Waals surface area contributed by atoms with E-state index in [4.69, 9.17) is 27.9 Å². The van der Waals surface area contributed by atoms with Crippen molar-refractivity contribution in [3.63, 3.8) is 0 Å². The molecular formula is C23H27BrCl2N2O3.